The third kappa shape index (κ3) is 7.90. The van der Waals surface area contributed by atoms with E-state index in [1.54, 1.807) is 19.0 Å². The van der Waals surface area contributed by atoms with Crippen molar-refractivity contribution in [2.24, 2.45) is 10.4 Å². The van der Waals surface area contributed by atoms with E-state index >= 15 is 0 Å². The average molecular weight is 536 g/mol. The number of halogens is 2. The molecule has 2 rings (SSSR count). The molecule has 1 aliphatic rings. The van der Waals surface area contributed by atoms with Crippen LogP contribution < -0.4 is 15.4 Å². The lowest BCUT2D eigenvalue weighted by Crippen LogP contribution is -2.45. The van der Waals surface area contributed by atoms with Crippen LogP contribution >= 0.6 is 24.0 Å². The van der Waals surface area contributed by atoms with Crippen LogP contribution in [0.2, 0.25) is 0 Å². The number of carbonyl (C=O) groups excluding carboxylic acids is 1. The van der Waals surface area contributed by atoms with Crippen molar-refractivity contribution in [3.05, 3.63) is 30.1 Å². The normalized spacial score (nSPS) is 16.4. The molecule has 1 atom stereocenters. The number of nitrogens with one attached hydrogen (secondary N) is 2. The van der Waals surface area contributed by atoms with E-state index in [0.29, 0.717) is 24.8 Å². The maximum Gasteiger partial charge on any atom is 0.230 e. The van der Waals surface area contributed by atoms with Crippen LogP contribution in [0.5, 0.6) is 5.75 Å². The highest BCUT2D eigenvalue weighted by Gasteiger charge is 2.42. The molecule has 0 heterocycles. The van der Waals surface area contributed by atoms with E-state index in [1.807, 2.05) is 6.92 Å². The molecular weight excluding hydrogens is 502 g/mol. The van der Waals surface area contributed by atoms with E-state index in [4.69, 9.17) is 4.74 Å². The van der Waals surface area contributed by atoms with Crippen LogP contribution in [-0.2, 0) is 4.79 Å². The van der Waals surface area contributed by atoms with Gasteiger partial charge in [0.25, 0.3) is 0 Å². The summed E-state index contributed by atoms with van der Waals surface area (Å²) in [7, 11) is 3.57. The Morgan fingerprint density at radius 1 is 1.27 bits per heavy atom. The molecule has 1 fully saturated rings. The van der Waals surface area contributed by atoms with Gasteiger partial charge in [-0.3, -0.25) is 9.79 Å². The SMILES string of the molecule is CCNC(=NCC1(C(=O)N(C)C)CCCC1)NCC(O)COc1ccc(F)cc1.I. The molecule has 1 unspecified atom stereocenters. The first-order valence-corrected chi connectivity index (χ1v) is 10.2. The van der Waals surface area contributed by atoms with Crippen LogP contribution in [0.4, 0.5) is 4.39 Å². The molecule has 0 bridgehead atoms. The Kier molecular flexibility index (Phi) is 11.4. The van der Waals surface area contributed by atoms with Crippen molar-refractivity contribution >= 4 is 35.8 Å². The van der Waals surface area contributed by atoms with Crippen molar-refractivity contribution in [3.8, 4) is 5.75 Å². The van der Waals surface area contributed by atoms with Gasteiger partial charge in [0.1, 0.15) is 24.3 Å². The minimum atomic E-state index is -0.771. The summed E-state index contributed by atoms with van der Waals surface area (Å²) in [4.78, 5) is 19.0. The van der Waals surface area contributed by atoms with Crippen LogP contribution in [0.25, 0.3) is 0 Å². The van der Waals surface area contributed by atoms with E-state index < -0.39 is 11.5 Å². The zero-order valence-electron chi connectivity index (χ0n) is 18.0. The Morgan fingerprint density at radius 3 is 2.47 bits per heavy atom. The smallest absolute Gasteiger partial charge is 0.230 e. The third-order valence-corrected chi connectivity index (χ3v) is 5.07. The van der Waals surface area contributed by atoms with Gasteiger partial charge in [-0.1, -0.05) is 12.8 Å². The lowest BCUT2D eigenvalue weighted by Gasteiger charge is -2.29. The minimum Gasteiger partial charge on any atom is -0.491 e. The molecule has 1 aliphatic carbocycles. The van der Waals surface area contributed by atoms with Crippen molar-refractivity contribution in [1.29, 1.82) is 0 Å². The van der Waals surface area contributed by atoms with E-state index in [1.165, 1.54) is 24.3 Å². The van der Waals surface area contributed by atoms with Crippen LogP contribution in [0.15, 0.2) is 29.3 Å². The molecule has 9 heteroatoms. The third-order valence-electron chi connectivity index (χ3n) is 5.07. The maximum atomic E-state index is 12.9. The van der Waals surface area contributed by atoms with Crippen molar-refractivity contribution in [3.63, 3.8) is 0 Å². The van der Waals surface area contributed by atoms with Gasteiger partial charge in [0.15, 0.2) is 5.96 Å². The zero-order valence-corrected chi connectivity index (χ0v) is 20.3. The monoisotopic (exact) mass is 536 g/mol. The second-order valence-electron chi connectivity index (χ2n) is 7.68. The summed E-state index contributed by atoms with van der Waals surface area (Å²) in [6.07, 6.45) is 3.01. The fourth-order valence-corrected chi connectivity index (χ4v) is 3.53. The number of benzene rings is 1. The Hall–Kier alpha value is -1.62. The van der Waals surface area contributed by atoms with Crippen molar-refractivity contribution in [2.45, 2.75) is 38.7 Å². The standard InChI is InChI=1S/C21H33FN4O3.HI/c1-4-23-20(25-15-21(11-5-6-12-21)19(28)26(2)3)24-13-17(27)14-29-18-9-7-16(22)8-10-18;/h7-10,17,27H,4-6,11-15H2,1-3H3,(H2,23,24,25);1H. The predicted octanol–water partition coefficient (Wildman–Crippen LogP) is 2.39. The summed E-state index contributed by atoms with van der Waals surface area (Å²) in [6, 6.07) is 5.65. The number of aliphatic imine (C=N–C) groups is 1. The number of aliphatic hydroxyl groups is 1. The highest BCUT2D eigenvalue weighted by Crippen LogP contribution is 2.39. The van der Waals surface area contributed by atoms with Crippen molar-refractivity contribution in [2.75, 3.05) is 40.3 Å². The van der Waals surface area contributed by atoms with Gasteiger partial charge < -0.3 is 25.4 Å². The molecule has 1 aromatic rings. The summed E-state index contributed by atoms with van der Waals surface area (Å²) < 4.78 is 18.4. The Bertz CT molecular complexity index is 679. The molecule has 0 radical (unpaired) electrons. The summed E-state index contributed by atoms with van der Waals surface area (Å²) in [6.45, 7) is 3.36. The lowest BCUT2D eigenvalue weighted by atomic mass is 9.85. The Morgan fingerprint density at radius 2 is 1.90 bits per heavy atom. The van der Waals surface area contributed by atoms with E-state index in [9.17, 15) is 14.3 Å². The van der Waals surface area contributed by atoms with Crippen LogP contribution in [0.1, 0.15) is 32.6 Å². The number of amides is 1. The van der Waals surface area contributed by atoms with Gasteiger partial charge in [-0.25, -0.2) is 4.39 Å². The molecule has 1 aromatic carbocycles. The largest absolute Gasteiger partial charge is 0.491 e. The fraction of sp³-hybridized carbons (Fsp3) is 0.619. The molecule has 0 aliphatic heterocycles. The number of ether oxygens (including phenoxy) is 1. The predicted molar refractivity (Wildman–Crippen MR) is 127 cm³/mol. The molecule has 0 saturated heterocycles. The molecule has 30 heavy (non-hydrogen) atoms. The second kappa shape index (κ2) is 12.9. The van der Waals surface area contributed by atoms with E-state index in [0.717, 1.165) is 25.7 Å². The van der Waals surface area contributed by atoms with Gasteiger partial charge >= 0.3 is 0 Å². The molecule has 3 N–H and O–H groups in total. The molecule has 170 valence electrons. The van der Waals surface area contributed by atoms with Gasteiger partial charge in [0.05, 0.1) is 12.0 Å². The zero-order chi connectivity index (χ0) is 21.3. The number of hydrogen-bond donors (Lipinski definition) is 3. The van der Waals surface area contributed by atoms with Gasteiger partial charge in [-0.2, -0.15) is 0 Å². The molecule has 1 amide bonds. The van der Waals surface area contributed by atoms with Gasteiger partial charge in [-0.15, -0.1) is 24.0 Å². The maximum absolute atomic E-state index is 12.9. The van der Waals surface area contributed by atoms with Crippen LogP contribution in [0, 0.1) is 11.2 Å². The summed E-state index contributed by atoms with van der Waals surface area (Å²) in [5.74, 6) is 0.851. The van der Waals surface area contributed by atoms with Crippen LogP contribution in [0.3, 0.4) is 0 Å². The molecule has 0 spiro atoms. The number of nitrogens with zero attached hydrogens (tertiary/aromatic N) is 2. The quantitative estimate of drug-likeness (QED) is 0.257. The first-order valence-electron chi connectivity index (χ1n) is 10.2. The molecule has 1 saturated carbocycles. The Balaban J connectivity index is 0.00000450. The second-order valence-corrected chi connectivity index (χ2v) is 7.68. The van der Waals surface area contributed by atoms with E-state index in [-0.39, 0.29) is 48.9 Å². The lowest BCUT2D eigenvalue weighted by molar-refractivity contribution is -0.138. The number of hydrogen-bond acceptors (Lipinski definition) is 4. The summed E-state index contributed by atoms with van der Waals surface area (Å²) in [5.41, 5.74) is -0.434. The molecule has 7 nitrogen and oxygen atoms in total. The van der Waals surface area contributed by atoms with Gasteiger partial charge in [0.2, 0.25) is 5.91 Å². The summed E-state index contributed by atoms with van der Waals surface area (Å²) >= 11 is 0. The fourth-order valence-electron chi connectivity index (χ4n) is 3.53. The topological polar surface area (TPSA) is 86.2 Å². The molecule has 0 aromatic heterocycles. The number of rotatable bonds is 9. The highest BCUT2D eigenvalue weighted by molar-refractivity contribution is 14.0. The highest BCUT2D eigenvalue weighted by atomic mass is 127. The summed E-state index contributed by atoms with van der Waals surface area (Å²) in [5, 5.41) is 16.4. The molecular formula is C21H34FIN4O3. The average Bonchev–Trinajstić information content (AvgIpc) is 3.19. The van der Waals surface area contributed by atoms with E-state index in [2.05, 4.69) is 15.6 Å². The van der Waals surface area contributed by atoms with Gasteiger partial charge in [0, 0.05) is 27.2 Å². The first-order chi connectivity index (χ1) is 13.9. The minimum absolute atomic E-state index is 0. The Labute approximate surface area is 195 Å². The van der Waals surface area contributed by atoms with Crippen molar-refractivity contribution in [1.82, 2.24) is 15.5 Å². The van der Waals surface area contributed by atoms with Crippen molar-refractivity contribution < 1.29 is 19.0 Å². The first kappa shape index (κ1) is 26.4. The number of aliphatic hydroxyl groups excluding tert-OH is 1. The number of guanidine groups is 1. The van der Waals surface area contributed by atoms with Crippen LogP contribution in [-0.4, -0.2) is 68.3 Å². The number of carbonyl (C=O) groups is 1. The van der Waals surface area contributed by atoms with Gasteiger partial charge in [-0.05, 0) is 44.0 Å².